The number of rotatable bonds is 8. The van der Waals surface area contributed by atoms with Gasteiger partial charge in [0.05, 0.1) is 6.61 Å². The van der Waals surface area contributed by atoms with E-state index in [4.69, 9.17) is 9.26 Å². The van der Waals surface area contributed by atoms with E-state index in [9.17, 15) is 4.79 Å². The van der Waals surface area contributed by atoms with E-state index in [-0.39, 0.29) is 0 Å². The van der Waals surface area contributed by atoms with Crippen LogP contribution >= 0.6 is 0 Å². The van der Waals surface area contributed by atoms with Crippen molar-refractivity contribution in [2.45, 2.75) is 51.4 Å². The van der Waals surface area contributed by atoms with Gasteiger partial charge in [-0.15, -0.1) is 0 Å². The van der Waals surface area contributed by atoms with Crippen LogP contribution in [0.5, 0.6) is 5.75 Å². The average Bonchev–Trinajstić information content (AvgIpc) is 3.43. The zero-order chi connectivity index (χ0) is 18.6. The van der Waals surface area contributed by atoms with Gasteiger partial charge < -0.3 is 14.2 Å². The Bertz CT molecular complexity index is 777. The second-order valence-electron chi connectivity index (χ2n) is 7.77. The second-order valence-corrected chi connectivity index (χ2v) is 7.77. The lowest BCUT2D eigenvalue weighted by Gasteiger charge is -2.30. The van der Waals surface area contributed by atoms with Crippen LogP contribution in [0.3, 0.4) is 0 Å². The van der Waals surface area contributed by atoms with Crippen molar-refractivity contribution in [3.05, 3.63) is 35.2 Å². The van der Waals surface area contributed by atoms with Gasteiger partial charge in [-0.25, -0.2) is 0 Å². The quantitative estimate of drug-likeness (QED) is 0.514. The summed E-state index contributed by atoms with van der Waals surface area (Å²) in [6.07, 6.45) is 7.82. The first-order chi connectivity index (χ1) is 13.2. The Hall–Kier alpha value is -2.37. The van der Waals surface area contributed by atoms with Crippen molar-refractivity contribution in [2.75, 3.05) is 24.6 Å². The van der Waals surface area contributed by atoms with Crippen LogP contribution < -0.4 is 9.64 Å². The van der Waals surface area contributed by atoms with E-state index in [0.717, 1.165) is 67.3 Å². The molecule has 2 aliphatic rings. The molecule has 0 atom stereocenters. The Labute approximate surface area is 159 Å². The molecule has 6 nitrogen and oxygen atoms in total. The van der Waals surface area contributed by atoms with Gasteiger partial charge in [0.15, 0.2) is 5.82 Å². The molecule has 1 aromatic carbocycles. The van der Waals surface area contributed by atoms with Gasteiger partial charge >= 0.3 is 6.01 Å². The zero-order valence-corrected chi connectivity index (χ0v) is 15.9. The molecule has 2 heterocycles. The summed E-state index contributed by atoms with van der Waals surface area (Å²) in [7, 11) is 0. The predicted molar refractivity (Wildman–Crippen MR) is 103 cm³/mol. The fourth-order valence-corrected chi connectivity index (χ4v) is 3.71. The number of piperidine rings is 1. The van der Waals surface area contributed by atoms with E-state index >= 15 is 0 Å². The molecule has 27 heavy (non-hydrogen) atoms. The van der Waals surface area contributed by atoms with Gasteiger partial charge in [0, 0.05) is 24.6 Å². The topological polar surface area (TPSA) is 68.5 Å². The van der Waals surface area contributed by atoms with Crippen LogP contribution in [0.4, 0.5) is 6.01 Å². The predicted octanol–water partition coefficient (Wildman–Crippen LogP) is 4.14. The summed E-state index contributed by atoms with van der Waals surface area (Å²) in [6.45, 7) is 4.63. The maximum absolute atomic E-state index is 10.9. The number of aromatic nitrogens is 2. The van der Waals surface area contributed by atoms with Crippen molar-refractivity contribution in [1.29, 1.82) is 0 Å². The van der Waals surface area contributed by atoms with Gasteiger partial charge in [-0.2, -0.15) is 4.98 Å². The first-order valence-electron chi connectivity index (χ1n) is 10.00. The van der Waals surface area contributed by atoms with Gasteiger partial charge in [-0.1, -0.05) is 5.16 Å². The van der Waals surface area contributed by atoms with Crippen molar-refractivity contribution >= 4 is 12.3 Å². The summed E-state index contributed by atoms with van der Waals surface area (Å²) < 4.78 is 11.3. The third-order valence-electron chi connectivity index (χ3n) is 5.65. The number of carbonyl (C=O) groups excluding carboxylic acids is 1. The SMILES string of the molecule is Cc1cc(OCCCC2CCN(c3nc(C4CC4)no3)CC2)ccc1C=O. The van der Waals surface area contributed by atoms with Crippen LogP contribution in [-0.4, -0.2) is 36.1 Å². The van der Waals surface area contributed by atoms with Crippen LogP contribution in [0.15, 0.2) is 22.7 Å². The van der Waals surface area contributed by atoms with Crippen molar-refractivity contribution in [1.82, 2.24) is 10.1 Å². The third kappa shape index (κ3) is 4.49. The first-order valence-corrected chi connectivity index (χ1v) is 10.00. The smallest absolute Gasteiger partial charge is 0.324 e. The summed E-state index contributed by atoms with van der Waals surface area (Å²) in [5.41, 5.74) is 1.68. The van der Waals surface area contributed by atoms with Crippen molar-refractivity contribution in [2.24, 2.45) is 5.92 Å². The molecule has 1 aliphatic heterocycles. The van der Waals surface area contributed by atoms with E-state index < -0.39 is 0 Å². The van der Waals surface area contributed by atoms with Gasteiger partial charge in [-0.05, 0) is 75.1 Å². The molecular weight excluding hydrogens is 342 g/mol. The highest BCUT2D eigenvalue weighted by Crippen LogP contribution is 2.39. The summed E-state index contributed by atoms with van der Waals surface area (Å²) in [4.78, 5) is 17.6. The minimum Gasteiger partial charge on any atom is -0.494 e. The molecule has 6 heteroatoms. The largest absolute Gasteiger partial charge is 0.494 e. The van der Waals surface area contributed by atoms with Crippen LogP contribution in [0.2, 0.25) is 0 Å². The lowest BCUT2D eigenvalue weighted by molar-refractivity contribution is 0.112. The van der Waals surface area contributed by atoms with E-state index in [1.54, 1.807) is 0 Å². The lowest BCUT2D eigenvalue weighted by atomic mass is 9.92. The number of hydrogen-bond donors (Lipinski definition) is 0. The minimum atomic E-state index is 0.540. The molecule has 2 fully saturated rings. The Morgan fingerprint density at radius 3 is 2.78 bits per heavy atom. The number of aldehydes is 1. The standard InChI is InChI=1S/C21H27N3O3/c1-15-13-19(7-6-18(15)14-25)26-12-2-3-16-8-10-24(11-9-16)21-22-20(23-27-21)17-4-5-17/h6-7,13-14,16-17H,2-5,8-12H2,1H3. The molecule has 1 aliphatic carbocycles. The monoisotopic (exact) mass is 369 g/mol. The highest BCUT2D eigenvalue weighted by atomic mass is 16.5. The Balaban J connectivity index is 1.16. The van der Waals surface area contributed by atoms with Gasteiger partial charge in [-0.3, -0.25) is 4.79 Å². The van der Waals surface area contributed by atoms with Crippen LogP contribution in [0, 0.1) is 12.8 Å². The number of ether oxygens (including phenoxy) is 1. The summed E-state index contributed by atoms with van der Waals surface area (Å²) in [5.74, 6) is 3.00. The minimum absolute atomic E-state index is 0.540. The molecule has 0 radical (unpaired) electrons. The second kappa shape index (κ2) is 8.11. The van der Waals surface area contributed by atoms with E-state index in [1.165, 1.54) is 19.3 Å². The van der Waals surface area contributed by atoms with Crippen LogP contribution in [0.25, 0.3) is 0 Å². The number of hydrogen-bond acceptors (Lipinski definition) is 6. The molecule has 2 aromatic rings. The third-order valence-corrected chi connectivity index (χ3v) is 5.65. The maximum Gasteiger partial charge on any atom is 0.324 e. The number of carbonyl (C=O) groups is 1. The molecule has 0 unspecified atom stereocenters. The van der Waals surface area contributed by atoms with Gasteiger partial charge in [0.1, 0.15) is 12.0 Å². The van der Waals surface area contributed by atoms with E-state index in [0.29, 0.717) is 18.5 Å². The fourth-order valence-electron chi connectivity index (χ4n) is 3.71. The fraction of sp³-hybridized carbons (Fsp3) is 0.571. The number of aryl methyl sites for hydroxylation is 1. The molecular formula is C21H27N3O3. The lowest BCUT2D eigenvalue weighted by Crippen LogP contribution is -2.34. The van der Waals surface area contributed by atoms with Crippen molar-refractivity contribution < 1.29 is 14.1 Å². The highest BCUT2D eigenvalue weighted by Gasteiger charge is 2.30. The molecule has 1 aromatic heterocycles. The Morgan fingerprint density at radius 1 is 1.26 bits per heavy atom. The number of anilines is 1. The maximum atomic E-state index is 10.9. The van der Waals surface area contributed by atoms with Gasteiger partial charge in [0.25, 0.3) is 0 Å². The number of nitrogens with zero attached hydrogens (tertiary/aromatic N) is 3. The number of benzene rings is 1. The van der Waals surface area contributed by atoms with Crippen molar-refractivity contribution in [3.8, 4) is 5.75 Å². The molecule has 144 valence electrons. The normalized spacial score (nSPS) is 17.9. The van der Waals surface area contributed by atoms with Crippen LogP contribution in [-0.2, 0) is 0 Å². The van der Waals surface area contributed by atoms with Crippen molar-refractivity contribution in [3.63, 3.8) is 0 Å². The van der Waals surface area contributed by atoms with E-state index in [2.05, 4.69) is 15.0 Å². The van der Waals surface area contributed by atoms with Crippen LogP contribution in [0.1, 0.15) is 66.2 Å². The molecule has 1 saturated heterocycles. The molecule has 0 spiro atoms. The highest BCUT2D eigenvalue weighted by molar-refractivity contribution is 5.77. The molecule has 4 rings (SSSR count). The molecule has 1 saturated carbocycles. The average molecular weight is 369 g/mol. The molecule has 0 N–H and O–H groups in total. The zero-order valence-electron chi connectivity index (χ0n) is 15.9. The summed E-state index contributed by atoms with van der Waals surface area (Å²) in [5, 5.41) is 4.12. The Kier molecular flexibility index (Phi) is 5.41. The summed E-state index contributed by atoms with van der Waals surface area (Å²) in [6, 6.07) is 6.32. The molecule has 0 amide bonds. The van der Waals surface area contributed by atoms with Gasteiger partial charge in [0.2, 0.25) is 0 Å². The molecule has 0 bridgehead atoms. The Morgan fingerprint density at radius 2 is 2.07 bits per heavy atom. The van der Waals surface area contributed by atoms with E-state index in [1.807, 2.05) is 25.1 Å². The summed E-state index contributed by atoms with van der Waals surface area (Å²) >= 11 is 0. The first kappa shape index (κ1) is 18.0.